The van der Waals surface area contributed by atoms with Crippen LogP contribution in [0.5, 0.6) is 0 Å². The lowest BCUT2D eigenvalue weighted by atomic mass is 9.97. The minimum atomic E-state index is -0.342. The van der Waals surface area contributed by atoms with Gasteiger partial charge in [0, 0.05) is 12.5 Å². The molecule has 0 saturated carbocycles. The quantitative estimate of drug-likeness (QED) is 0.250. The molecule has 1 unspecified atom stereocenters. The van der Waals surface area contributed by atoms with Crippen LogP contribution in [0.3, 0.4) is 0 Å². The summed E-state index contributed by atoms with van der Waals surface area (Å²) in [6.07, 6.45) is 0. The summed E-state index contributed by atoms with van der Waals surface area (Å²) in [6, 6.07) is -0.145. The number of esters is 1. The lowest BCUT2D eigenvalue weighted by Gasteiger charge is -2.15. The van der Waals surface area contributed by atoms with Gasteiger partial charge in [-0.2, -0.15) is 4.98 Å². The van der Waals surface area contributed by atoms with Crippen molar-refractivity contribution in [1.82, 2.24) is 25.8 Å². The Bertz CT molecular complexity index is 843. The molecule has 0 bridgehead atoms. The minimum Gasteiger partial charge on any atom is -0.462 e. The molecule has 29 heavy (non-hydrogen) atoms. The Morgan fingerprint density at radius 1 is 1.34 bits per heavy atom. The van der Waals surface area contributed by atoms with Gasteiger partial charge in [0.05, 0.1) is 24.9 Å². The highest BCUT2D eigenvalue weighted by Gasteiger charge is 2.22. The summed E-state index contributed by atoms with van der Waals surface area (Å²) < 4.78 is 10.4. The maximum absolute atomic E-state index is 12.0. The van der Waals surface area contributed by atoms with Gasteiger partial charge in [0.1, 0.15) is 9.88 Å². The van der Waals surface area contributed by atoms with Crippen LogP contribution >= 0.6 is 35.3 Å². The number of halogens is 1. The first-order valence-corrected chi connectivity index (χ1v) is 9.92. The average Bonchev–Trinajstić information content (AvgIpc) is 3.25. The van der Waals surface area contributed by atoms with Crippen LogP contribution in [-0.4, -0.2) is 40.7 Å². The molecule has 0 radical (unpaired) electrons. The summed E-state index contributed by atoms with van der Waals surface area (Å²) >= 11 is 1.32. The zero-order valence-electron chi connectivity index (χ0n) is 17.8. The fraction of sp³-hybridized carbons (Fsp3) is 0.611. The average molecular weight is 536 g/mol. The number of hydrogen-bond acceptors (Lipinski definition) is 8. The third-order valence-electron chi connectivity index (χ3n) is 3.74. The molecule has 0 aromatic carbocycles. The lowest BCUT2D eigenvalue weighted by Crippen LogP contribution is -2.38. The predicted octanol–water partition coefficient (Wildman–Crippen LogP) is 3.35. The topological polar surface area (TPSA) is 115 Å². The van der Waals surface area contributed by atoms with Gasteiger partial charge >= 0.3 is 5.97 Å². The van der Waals surface area contributed by atoms with E-state index in [2.05, 4.69) is 30.8 Å². The summed E-state index contributed by atoms with van der Waals surface area (Å²) in [6.45, 7) is 12.3. The van der Waals surface area contributed by atoms with Crippen LogP contribution in [-0.2, 0) is 16.7 Å². The Hall–Kier alpha value is -1.76. The molecule has 2 N–H and O–H groups in total. The van der Waals surface area contributed by atoms with E-state index < -0.39 is 0 Å². The van der Waals surface area contributed by atoms with Crippen molar-refractivity contribution in [3.8, 4) is 0 Å². The van der Waals surface area contributed by atoms with E-state index >= 15 is 0 Å². The van der Waals surface area contributed by atoms with Gasteiger partial charge in [0.15, 0.2) is 11.8 Å². The van der Waals surface area contributed by atoms with E-state index in [4.69, 9.17) is 9.26 Å². The largest absolute Gasteiger partial charge is 0.462 e. The Kier molecular flexibility index (Phi) is 9.46. The molecule has 162 valence electrons. The number of carbonyl (C=O) groups is 1. The molecule has 2 aromatic rings. The molecule has 2 rings (SSSR count). The van der Waals surface area contributed by atoms with Crippen molar-refractivity contribution >= 4 is 47.2 Å². The van der Waals surface area contributed by atoms with Crippen LogP contribution in [0, 0.1) is 6.92 Å². The fourth-order valence-corrected chi connectivity index (χ4v) is 3.21. The molecule has 1 atom stereocenters. The van der Waals surface area contributed by atoms with Crippen molar-refractivity contribution in [2.45, 2.75) is 59.5 Å². The number of aliphatic imine (C=N–C) groups is 1. The van der Waals surface area contributed by atoms with E-state index in [-0.39, 0.29) is 41.4 Å². The van der Waals surface area contributed by atoms with Crippen molar-refractivity contribution in [3.63, 3.8) is 0 Å². The van der Waals surface area contributed by atoms with E-state index in [0.29, 0.717) is 41.4 Å². The summed E-state index contributed by atoms with van der Waals surface area (Å²) in [5, 5.41) is 11.2. The standard InChI is InChI=1S/C18H28N6O3S.HI/c1-8-26-15(25)13-10(2)21-14(28-13)11(3)22-17(19-7)20-9-12-23-16(27-24-12)18(4,5)6;/h11H,8-9H2,1-7H3,(H2,19,20,22);1H. The molecule has 11 heteroatoms. The second-order valence-corrected chi connectivity index (χ2v) is 8.28. The van der Waals surface area contributed by atoms with Gasteiger partial charge in [0.2, 0.25) is 5.89 Å². The van der Waals surface area contributed by atoms with Gasteiger partial charge in [-0.1, -0.05) is 25.9 Å². The molecule has 0 fully saturated rings. The Labute approximate surface area is 192 Å². The number of nitrogens with zero attached hydrogens (tertiary/aromatic N) is 4. The number of thiazole rings is 1. The van der Waals surface area contributed by atoms with Crippen LogP contribution in [0.1, 0.15) is 72.7 Å². The molecule has 0 saturated heterocycles. The number of ether oxygens (including phenoxy) is 1. The molecule has 0 aliphatic rings. The van der Waals surface area contributed by atoms with Crippen LogP contribution in [0.4, 0.5) is 0 Å². The molecule has 2 heterocycles. The van der Waals surface area contributed by atoms with Gasteiger partial charge in [-0.25, -0.2) is 9.78 Å². The van der Waals surface area contributed by atoms with Crippen molar-refractivity contribution in [2.75, 3.05) is 13.7 Å². The molecular weight excluding hydrogens is 507 g/mol. The van der Waals surface area contributed by atoms with E-state index in [1.165, 1.54) is 11.3 Å². The number of nitrogens with one attached hydrogen (secondary N) is 2. The first kappa shape index (κ1) is 25.3. The zero-order valence-corrected chi connectivity index (χ0v) is 21.0. The Morgan fingerprint density at radius 2 is 2.03 bits per heavy atom. The van der Waals surface area contributed by atoms with Gasteiger partial charge in [-0.3, -0.25) is 4.99 Å². The SMILES string of the molecule is CCOC(=O)c1sc(C(C)NC(=NC)NCc2noc(C(C)(C)C)n2)nc1C.I. The number of aryl methyl sites for hydroxylation is 1. The van der Waals surface area contributed by atoms with E-state index in [1.54, 1.807) is 20.9 Å². The summed E-state index contributed by atoms with van der Waals surface area (Å²) in [5.41, 5.74) is 0.468. The Balaban J connectivity index is 0.00000420. The third kappa shape index (κ3) is 6.91. The smallest absolute Gasteiger partial charge is 0.350 e. The second kappa shape index (κ2) is 10.9. The number of aromatic nitrogens is 3. The molecule has 0 spiro atoms. The van der Waals surface area contributed by atoms with Crippen LogP contribution in [0.25, 0.3) is 0 Å². The summed E-state index contributed by atoms with van der Waals surface area (Å²) in [5.74, 6) is 1.37. The number of hydrogen-bond donors (Lipinski definition) is 2. The van der Waals surface area contributed by atoms with Crippen molar-refractivity contribution in [1.29, 1.82) is 0 Å². The minimum absolute atomic E-state index is 0. The molecule has 2 aromatic heterocycles. The lowest BCUT2D eigenvalue weighted by molar-refractivity contribution is 0.0531. The molecule has 0 aliphatic carbocycles. The Morgan fingerprint density at radius 3 is 2.59 bits per heavy atom. The number of carbonyl (C=O) groups excluding carboxylic acids is 1. The van der Waals surface area contributed by atoms with Gasteiger partial charge in [-0.15, -0.1) is 35.3 Å². The maximum Gasteiger partial charge on any atom is 0.350 e. The summed E-state index contributed by atoms with van der Waals surface area (Å²) in [4.78, 5) is 25.6. The predicted molar refractivity (Wildman–Crippen MR) is 123 cm³/mol. The third-order valence-corrected chi connectivity index (χ3v) is 5.07. The highest BCUT2D eigenvalue weighted by molar-refractivity contribution is 14.0. The van der Waals surface area contributed by atoms with Crippen LogP contribution in [0.15, 0.2) is 9.52 Å². The fourth-order valence-electron chi connectivity index (χ4n) is 2.24. The first-order chi connectivity index (χ1) is 13.2. The first-order valence-electron chi connectivity index (χ1n) is 9.10. The van der Waals surface area contributed by atoms with Crippen molar-refractivity contribution in [3.05, 3.63) is 27.3 Å². The van der Waals surface area contributed by atoms with Gasteiger partial charge in [0.25, 0.3) is 0 Å². The van der Waals surface area contributed by atoms with Crippen LogP contribution < -0.4 is 10.6 Å². The number of guanidine groups is 1. The van der Waals surface area contributed by atoms with Crippen LogP contribution in [0.2, 0.25) is 0 Å². The van der Waals surface area contributed by atoms with E-state index in [1.807, 2.05) is 27.7 Å². The highest BCUT2D eigenvalue weighted by Crippen LogP contribution is 2.24. The normalized spacial score (nSPS) is 12.9. The second-order valence-electron chi connectivity index (χ2n) is 7.24. The zero-order chi connectivity index (χ0) is 20.9. The molecular formula is C18H29IN6O3S. The highest BCUT2D eigenvalue weighted by atomic mass is 127. The van der Waals surface area contributed by atoms with Gasteiger partial charge < -0.3 is 19.9 Å². The van der Waals surface area contributed by atoms with Gasteiger partial charge in [-0.05, 0) is 20.8 Å². The molecule has 9 nitrogen and oxygen atoms in total. The maximum atomic E-state index is 12.0. The molecule has 0 aliphatic heterocycles. The van der Waals surface area contributed by atoms with E-state index in [0.717, 1.165) is 5.01 Å². The van der Waals surface area contributed by atoms with Crippen molar-refractivity contribution < 1.29 is 14.1 Å². The van der Waals surface area contributed by atoms with E-state index in [9.17, 15) is 4.79 Å². The summed E-state index contributed by atoms with van der Waals surface area (Å²) in [7, 11) is 1.68. The molecule has 0 amide bonds. The van der Waals surface area contributed by atoms with Crippen molar-refractivity contribution in [2.24, 2.45) is 4.99 Å². The monoisotopic (exact) mass is 536 g/mol. The number of rotatable bonds is 6.